The van der Waals surface area contributed by atoms with Crippen LogP contribution < -0.4 is 0 Å². The topological polar surface area (TPSA) is 17.8 Å². The Labute approximate surface area is 124 Å². The smallest absolute Gasteiger partial charge is 0.129 e. The van der Waals surface area contributed by atoms with Crippen LogP contribution in [0.1, 0.15) is 23.9 Å². The predicted molar refractivity (Wildman–Crippen MR) is 84.7 cm³/mol. The summed E-state index contributed by atoms with van der Waals surface area (Å²) in [5.74, 6) is 1.30. The summed E-state index contributed by atoms with van der Waals surface area (Å²) in [5.41, 5.74) is 5.82. The third-order valence-electron chi connectivity index (χ3n) is 3.64. The van der Waals surface area contributed by atoms with Crippen molar-refractivity contribution in [2.24, 2.45) is 0 Å². The van der Waals surface area contributed by atoms with Gasteiger partial charge in [-0.15, -0.1) is 11.6 Å². The first-order chi connectivity index (χ1) is 9.74. The van der Waals surface area contributed by atoms with Crippen molar-refractivity contribution < 1.29 is 0 Å². The van der Waals surface area contributed by atoms with Crippen LogP contribution in [0.2, 0.25) is 0 Å². The second kappa shape index (κ2) is 5.29. The molecule has 0 radical (unpaired) electrons. The molecule has 0 spiro atoms. The second-order valence-electron chi connectivity index (χ2n) is 4.96. The molecule has 1 aromatic heterocycles. The van der Waals surface area contributed by atoms with Gasteiger partial charge in [-0.25, -0.2) is 4.98 Å². The van der Waals surface area contributed by atoms with Gasteiger partial charge < -0.3 is 0 Å². The largest absolute Gasteiger partial charge is 0.295 e. The van der Waals surface area contributed by atoms with E-state index in [0.717, 1.165) is 29.0 Å². The van der Waals surface area contributed by atoms with Gasteiger partial charge >= 0.3 is 0 Å². The Balaban J connectivity index is 2.33. The summed E-state index contributed by atoms with van der Waals surface area (Å²) in [5, 5.41) is 0. The fourth-order valence-corrected chi connectivity index (χ4v) is 2.81. The number of halogens is 1. The van der Waals surface area contributed by atoms with Crippen LogP contribution in [0.5, 0.6) is 0 Å². The van der Waals surface area contributed by atoms with Gasteiger partial charge in [0.15, 0.2) is 0 Å². The normalized spacial score (nSPS) is 11.2. The zero-order valence-corrected chi connectivity index (χ0v) is 12.5. The second-order valence-corrected chi connectivity index (χ2v) is 5.23. The molecular weight excluding hydrogens is 268 g/mol. The highest BCUT2D eigenvalue weighted by Crippen LogP contribution is 2.25. The number of aryl methyl sites for hydroxylation is 2. The summed E-state index contributed by atoms with van der Waals surface area (Å²) in [6.07, 6.45) is 1.02. The Morgan fingerprint density at radius 1 is 1.15 bits per heavy atom. The molecule has 0 aliphatic rings. The standard InChI is InChI=1S/C17H17ClN2/c1-3-13-7-5-8-14(10-13)20-16(11-18)19-15-9-4-6-12(2)17(15)20/h4-10H,3,11H2,1-2H3. The van der Waals surface area contributed by atoms with Crippen molar-refractivity contribution in [1.29, 1.82) is 0 Å². The number of rotatable bonds is 3. The molecule has 0 saturated carbocycles. The van der Waals surface area contributed by atoms with Crippen molar-refractivity contribution in [1.82, 2.24) is 9.55 Å². The van der Waals surface area contributed by atoms with E-state index in [1.807, 2.05) is 12.1 Å². The number of benzene rings is 2. The molecule has 0 unspecified atom stereocenters. The third kappa shape index (κ3) is 2.10. The van der Waals surface area contributed by atoms with Crippen molar-refractivity contribution in [3.8, 4) is 5.69 Å². The zero-order valence-electron chi connectivity index (χ0n) is 11.7. The van der Waals surface area contributed by atoms with Crippen molar-refractivity contribution in [2.45, 2.75) is 26.1 Å². The van der Waals surface area contributed by atoms with Crippen molar-refractivity contribution in [2.75, 3.05) is 0 Å². The number of imidazole rings is 1. The Kier molecular flexibility index (Phi) is 3.49. The van der Waals surface area contributed by atoms with Gasteiger partial charge in [0.2, 0.25) is 0 Å². The molecule has 0 fully saturated rings. The van der Waals surface area contributed by atoms with Crippen LogP contribution in [-0.4, -0.2) is 9.55 Å². The molecule has 2 aromatic carbocycles. The maximum absolute atomic E-state index is 6.10. The molecule has 0 aliphatic carbocycles. The van der Waals surface area contributed by atoms with Crippen molar-refractivity contribution in [3.63, 3.8) is 0 Å². The average molecular weight is 285 g/mol. The summed E-state index contributed by atoms with van der Waals surface area (Å²) >= 11 is 6.10. The Morgan fingerprint density at radius 3 is 2.70 bits per heavy atom. The molecule has 0 bridgehead atoms. The molecule has 0 N–H and O–H groups in total. The van der Waals surface area contributed by atoms with Gasteiger partial charge in [0, 0.05) is 5.69 Å². The van der Waals surface area contributed by atoms with Gasteiger partial charge in [-0.3, -0.25) is 4.57 Å². The molecule has 20 heavy (non-hydrogen) atoms. The van der Waals surface area contributed by atoms with Crippen molar-refractivity contribution >= 4 is 22.6 Å². The summed E-state index contributed by atoms with van der Waals surface area (Å²) in [6, 6.07) is 14.8. The number of hydrogen-bond donors (Lipinski definition) is 0. The lowest BCUT2D eigenvalue weighted by Gasteiger charge is -2.10. The van der Waals surface area contributed by atoms with E-state index in [1.54, 1.807) is 0 Å². The van der Waals surface area contributed by atoms with E-state index in [4.69, 9.17) is 11.6 Å². The predicted octanol–water partition coefficient (Wildman–Crippen LogP) is 4.64. The highest BCUT2D eigenvalue weighted by molar-refractivity contribution is 6.17. The molecule has 0 atom stereocenters. The molecule has 0 amide bonds. The van der Waals surface area contributed by atoms with Crippen LogP contribution >= 0.6 is 11.6 Å². The summed E-state index contributed by atoms with van der Waals surface area (Å²) in [7, 11) is 0. The molecule has 0 aliphatic heterocycles. The van der Waals surface area contributed by atoms with E-state index >= 15 is 0 Å². The quantitative estimate of drug-likeness (QED) is 0.641. The summed E-state index contributed by atoms with van der Waals surface area (Å²) < 4.78 is 2.18. The van der Waals surface area contributed by atoms with Crippen LogP contribution in [-0.2, 0) is 12.3 Å². The minimum Gasteiger partial charge on any atom is -0.295 e. The number of hydrogen-bond acceptors (Lipinski definition) is 1. The minimum absolute atomic E-state index is 0.407. The van der Waals surface area contributed by atoms with Gasteiger partial charge in [0.25, 0.3) is 0 Å². The Hall–Kier alpha value is -1.80. The van der Waals surface area contributed by atoms with E-state index < -0.39 is 0 Å². The van der Waals surface area contributed by atoms with E-state index in [2.05, 4.69) is 53.7 Å². The SMILES string of the molecule is CCc1cccc(-n2c(CCl)nc3cccc(C)c32)c1. The summed E-state index contributed by atoms with van der Waals surface area (Å²) in [4.78, 5) is 4.65. The van der Waals surface area contributed by atoms with Gasteiger partial charge in [-0.1, -0.05) is 31.2 Å². The van der Waals surface area contributed by atoms with E-state index in [1.165, 1.54) is 11.1 Å². The van der Waals surface area contributed by atoms with Gasteiger partial charge in [0.05, 0.1) is 16.9 Å². The minimum atomic E-state index is 0.407. The monoisotopic (exact) mass is 284 g/mol. The van der Waals surface area contributed by atoms with Crippen LogP contribution in [0, 0.1) is 6.92 Å². The van der Waals surface area contributed by atoms with E-state index in [9.17, 15) is 0 Å². The maximum atomic E-state index is 6.10. The summed E-state index contributed by atoms with van der Waals surface area (Å²) in [6.45, 7) is 4.28. The van der Waals surface area contributed by atoms with E-state index in [0.29, 0.717) is 5.88 Å². The number of nitrogens with zero attached hydrogens (tertiary/aromatic N) is 2. The zero-order chi connectivity index (χ0) is 14.1. The number of alkyl halides is 1. The lowest BCUT2D eigenvalue weighted by Crippen LogP contribution is -2.00. The first-order valence-electron chi connectivity index (χ1n) is 6.86. The lowest BCUT2D eigenvalue weighted by molar-refractivity contribution is 0.973. The molecule has 3 rings (SSSR count). The first-order valence-corrected chi connectivity index (χ1v) is 7.40. The average Bonchev–Trinajstić information content (AvgIpc) is 2.87. The van der Waals surface area contributed by atoms with Gasteiger partial charge in [-0.2, -0.15) is 0 Å². The molecule has 3 heteroatoms. The van der Waals surface area contributed by atoms with Crippen LogP contribution in [0.25, 0.3) is 16.7 Å². The number of para-hydroxylation sites is 1. The first kappa shape index (κ1) is 13.2. The van der Waals surface area contributed by atoms with Crippen LogP contribution in [0.3, 0.4) is 0 Å². The number of fused-ring (bicyclic) bond motifs is 1. The van der Waals surface area contributed by atoms with Gasteiger partial charge in [0.1, 0.15) is 5.82 Å². The molecule has 0 saturated heterocycles. The number of aromatic nitrogens is 2. The fraction of sp³-hybridized carbons (Fsp3) is 0.235. The third-order valence-corrected chi connectivity index (χ3v) is 3.88. The van der Waals surface area contributed by atoms with Gasteiger partial charge in [-0.05, 0) is 42.7 Å². The molecule has 1 heterocycles. The molecule has 3 aromatic rings. The van der Waals surface area contributed by atoms with Crippen molar-refractivity contribution in [3.05, 3.63) is 59.4 Å². The maximum Gasteiger partial charge on any atom is 0.129 e. The highest BCUT2D eigenvalue weighted by atomic mass is 35.5. The molecule has 102 valence electrons. The highest BCUT2D eigenvalue weighted by Gasteiger charge is 2.13. The van der Waals surface area contributed by atoms with Crippen LogP contribution in [0.15, 0.2) is 42.5 Å². The molecule has 2 nitrogen and oxygen atoms in total. The fourth-order valence-electron chi connectivity index (χ4n) is 2.63. The van der Waals surface area contributed by atoms with E-state index in [-0.39, 0.29) is 0 Å². The molecular formula is C17H17ClN2. The van der Waals surface area contributed by atoms with Crippen LogP contribution in [0.4, 0.5) is 0 Å². The Bertz CT molecular complexity index is 759. The lowest BCUT2D eigenvalue weighted by atomic mass is 10.1. The Morgan fingerprint density at radius 2 is 1.95 bits per heavy atom.